The minimum atomic E-state index is -0.447. The molecule has 0 aliphatic carbocycles. The fourth-order valence-electron chi connectivity index (χ4n) is 4.01. The Morgan fingerprint density at radius 2 is 1.74 bits per heavy atom. The predicted molar refractivity (Wildman–Crippen MR) is 126 cm³/mol. The molecule has 4 rings (SSSR count). The Morgan fingerprint density at radius 3 is 2.29 bits per heavy atom. The molecule has 10 heteroatoms. The Labute approximate surface area is 202 Å². The quantitative estimate of drug-likeness (QED) is 0.359. The topological polar surface area (TPSA) is 101 Å². The van der Waals surface area contributed by atoms with Crippen LogP contribution in [0.25, 0.3) is 10.9 Å². The van der Waals surface area contributed by atoms with E-state index in [2.05, 4.69) is 16.9 Å². The molecule has 0 N–H and O–H groups in total. The van der Waals surface area contributed by atoms with Crippen LogP contribution in [0.15, 0.2) is 24.3 Å². The number of methoxy groups -OCH3 is 4. The third kappa shape index (κ3) is 4.17. The van der Waals surface area contributed by atoms with Crippen LogP contribution in [0, 0.1) is 11.8 Å². The van der Waals surface area contributed by atoms with E-state index in [0.29, 0.717) is 58.2 Å². The van der Waals surface area contributed by atoms with Gasteiger partial charge >= 0.3 is 6.09 Å². The van der Waals surface area contributed by atoms with Gasteiger partial charge < -0.3 is 23.7 Å². The maximum atomic E-state index is 13.7. The van der Waals surface area contributed by atoms with Crippen molar-refractivity contribution in [1.82, 2.24) is 14.7 Å². The van der Waals surface area contributed by atoms with Crippen LogP contribution in [0.4, 0.5) is 4.79 Å². The van der Waals surface area contributed by atoms with Crippen molar-refractivity contribution >= 4 is 22.8 Å². The van der Waals surface area contributed by atoms with E-state index in [-0.39, 0.29) is 18.1 Å². The molecule has 182 valence electrons. The van der Waals surface area contributed by atoms with Gasteiger partial charge in [0.2, 0.25) is 11.5 Å². The Kier molecular flexibility index (Phi) is 6.68. The van der Waals surface area contributed by atoms with Crippen LogP contribution in [0.3, 0.4) is 0 Å². The van der Waals surface area contributed by atoms with Gasteiger partial charge in [0.25, 0.3) is 0 Å². The van der Waals surface area contributed by atoms with Crippen LogP contribution in [0.5, 0.6) is 23.0 Å². The first-order valence-corrected chi connectivity index (χ1v) is 10.7. The lowest BCUT2D eigenvalue weighted by molar-refractivity contribution is 0.103. The number of rotatable bonds is 8. The van der Waals surface area contributed by atoms with Crippen molar-refractivity contribution in [3.63, 3.8) is 0 Å². The summed E-state index contributed by atoms with van der Waals surface area (Å²) in [6.45, 7) is 2.50. The maximum absolute atomic E-state index is 13.7. The van der Waals surface area contributed by atoms with Crippen LogP contribution in [0.2, 0.25) is 0 Å². The minimum absolute atomic E-state index is 0.0867. The molecule has 0 unspecified atom stereocenters. The van der Waals surface area contributed by atoms with Crippen molar-refractivity contribution in [1.29, 1.82) is 0 Å². The molecule has 1 aromatic heterocycles. The molecule has 1 fully saturated rings. The van der Waals surface area contributed by atoms with Gasteiger partial charge in [0.1, 0.15) is 24.7 Å². The monoisotopic (exact) mass is 479 g/mol. The number of carbonyl (C=O) groups excluding carboxylic acids is 2. The molecule has 10 nitrogen and oxygen atoms in total. The van der Waals surface area contributed by atoms with Gasteiger partial charge in [-0.15, -0.1) is 5.92 Å². The summed E-state index contributed by atoms with van der Waals surface area (Å²) in [5.74, 6) is 7.17. The van der Waals surface area contributed by atoms with E-state index >= 15 is 0 Å². The van der Waals surface area contributed by atoms with Crippen LogP contribution < -0.4 is 18.9 Å². The first-order chi connectivity index (χ1) is 17.0. The molecule has 0 spiro atoms. The van der Waals surface area contributed by atoms with Crippen LogP contribution in [-0.4, -0.2) is 68.1 Å². The van der Waals surface area contributed by atoms with Gasteiger partial charge in [-0.25, -0.2) is 9.48 Å². The molecular weight excluding hydrogens is 454 g/mol. The lowest BCUT2D eigenvalue weighted by Gasteiger charge is -2.14. The molecule has 35 heavy (non-hydrogen) atoms. The summed E-state index contributed by atoms with van der Waals surface area (Å²) in [6.07, 6.45) is -0.447. The standard InChI is InChI=1S/C25H25N3O7/c1-6-7-16-18(31-2)9-8-17-21(26-28(22(16)17)14-27-10-11-35-25(27)30)23(29)15-12-19(32-3)24(34-5)20(13-15)33-4/h8-9,12-13H,10-11,14H2,1-5H3. The molecule has 0 atom stereocenters. The van der Waals surface area contributed by atoms with E-state index in [1.807, 2.05) is 0 Å². The van der Waals surface area contributed by atoms with Gasteiger partial charge in [-0.1, -0.05) is 5.92 Å². The van der Waals surface area contributed by atoms with Crippen LogP contribution >= 0.6 is 0 Å². The Bertz CT molecular complexity index is 1340. The molecule has 2 heterocycles. The SMILES string of the molecule is CC#Cc1c(OC)ccc2c(C(=O)c3cc(OC)c(OC)c(OC)c3)nn(CN3CCOC3=O)c12. The predicted octanol–water partition coefficient (Wildman–Crippen LogP) is 3.08. The zero-order chi connectivity index (χ0) is 25.1. The molecule has 3 aromatic rings. The molecule has 0 bridgehead atoms. The number of aromatic nitrogens is 2. The van der Waals surface area contributed by atoms with Gasteiger partial charge in [-0.3, -0.25) is 9.69 Å². The van der Waals surface area contributed by atoms with Crippen molar-refractivity contribution in [2.75, 3.05) is 41.6 Å². The summed E-state index contributed by atoms with van der Waals surface area (Å²) < 4.78 is 28.3. The fourth-order valence-corrected chi connectivity index (χ4v) is 4.01. The van der Waals surface area contributed by atoms with Crippen molar-refractivity contribution in [2.45, 2.75) is 13.6 Å². The molecule has 0 radical (unpaired) electrons. The highest BCUT2D eigenvalue weighted by Gasteiger charge is 2.28. The normalized spacial score (nSPS) is 12.7. The summed E-state index contributed by atoms with van der Waals surface area (Å²) in [7, 11) is 5.99. The van der Waals surface area contributed by atoms with Crippen molar-refractivity contribution in [2.24, 2.45) is 0 Å². The Morgan fingerprint density at radius 1 is 1.06 bits per heavy atom. The van der Waals surface area contributed by atoms with Gasteiger partial charge in [0.15, 0.2) is 11.5 Å². The number of fused-ring (bicyclic) bond motifs is 1. The summed E-state index contributed by atoms with van der Waals surface area (Å²) in [6, 6.07) is 6.64. The summed E-state index contributed by atoms with van der Waals surface area (Å²) in [4.78, 5) is 27.4. The molecule has 2 aromatic carbocycles. The minimum Gasteiger partial charge on any atom is -0.495 e. The van der Waals surface area contributed by atoms with E-state index in [1.54, 1.807) is 43.0 Å². The lowest BCUT2D eigenvalue weighted by Crippen LogP contribution is -2.28. The molecule has 1 amide bonds. The zero-order valence-electron chi connectivity index (χ0n) is 20.1. The van der Waals surface area contributed by atoms with Gasteiger partial charge in [0.05, 0.1) is 46.1 Å². The Hall–Kier alpha value is -4.39. The number of nitrogens with zero attached hydrogens (tertiary/aromatic N) is 3. The number of ketones is 1. The number of cyclic esters (lactones) is 1. The van der Waals surface area contributed by atoms with Crippen molar-refractivity contribution < 1.29 is 33.3 Å². The van der Waals surface area contributed by atoms with Crippen molar-refractivity contribution in [3.8, 4) is 34.8 Å². The fraction of sp³-hybridized carbons (Fsp3) is 0.320. The maximum Gasteiger partial charge on any atom is 0.411 e. The number of amides is 1. The first-order valence-electron chi connectivity index (χ1n) is 10.7. The highest BCUT2D eigenvalue weighted by molar-refractivity contribution is 6.16. The number of hydrogen-bond acceptors (Lipinski definition) is 8. The van der Waals surface area contributed by atoms with E-state index in [4.69, 9.17) is 23.7 Å². The van der Waals surface area contributed by atoms with E-state index in [1.165, 1.54) is 26.2 Å². The first kappa shape index (κ1) is 23.8. The molecule has 0 saturated carbocycles. The molecule has 1 saturated heterocycles. The van der Waals surface area contributed by atoms with Gasteiger partial charge in [0, 0.05) is 10.9 Å². The number of hydrogen-bond donors (Lipinski definition) is 0. The van der Waals surface area contributed by atoms with Crippen LogP contribution in [-0.2, 0) is 11.4 Å². The molecule has 1 aliphatic heterocycles. The van der Waals surface area contributed by atoms with E-state index < -0.39 is 6.09 Å². The van der Waals surface area contributed by atoms with Crippen molar-refractivity contribution in [3.05, 3.63) is 41.1 Å². The van der Waals surface area contributed by atoms with E-state index in [0.717, 1.165) is 0 Å². The van der Waals surface area contributed by atoms with E-state index in [9.17, 15) is 9.59 Å². The molecular formula is C25H25N3O7. The third-order valence-corrected chi connectivity index (χ3v) is 5.64. The highest BCUT2D eigenvalue weighted by atomic mass is 16.6. The zero-order valence-corrected chi connectivity index (χ0v) is 20.1. The summed E-state index contributed by atoms with van der Waals surface area (Å²) >= 11 is 0. The summed E-state index contributed by atoms with van der Waals surface area (Å²) in [5.41, 5.74) is 1.62. The third-order valence-electron chi connectivity index (χ3n) is 5.64. The molecule has 1 aliphatic rings. The van der Waals surface area contributed by atoms with Crippen LogP contribution in [0.1, 0.15) is 28.5 Å². The number of benzene rings is 2. The van der Waals surface area contributed by atoms with Gasteiger partial charge in [-0.05, 0) is 31.2 Å². The summed E-state index contributed by atoms with van der Waals surface area (Å²) in [5, 5.41) is 5.18. The smallest absolute Gasteiger partial charge is 0.411 e. The average Bonchev–Trinajstić information content (AvgIpc) is 3.46. The second-order valence-corrected chi connectivity index (χ2v) is 7.52. The second-order valence-electron chi connectivity index (χ2n) is 7.52. The Balaban J connectivity index is 1.92. The highest BCUT2D eigenvalue weighted by Crippen LogP contribution is 2.39. The number of ether oxygens (including phenoxy) is 5. The lowest BCUT2D eigenvalue weighted by atomic mass is 10.0. The average molecular weight is 479 g/mol. The largest absolute Gasteiger partial charge is 0.495 e. The second kappa shape index (κ2) is 9.85. The number of carbonyl (C=O) groups is 2. The van der Waals surface area contributed by atoms with Gasteiger partial charge in [-0.2, -0.15) is 5.10 Å².